The van der Waals surface area contributed by atoms with Gasteiger partial charge in [-0.25, -0.2) is 0 Å². The van der Waals surface area contributed by atoms with Gasteiger partial charge in [-0.1, -0.05) is 12.6 Å². The lowest BCUT2D eigenvalue weighted by molar-refractivity contribution is 0.376. The van der Waals surface area contributed by atoms with Crippen molar-refractivity contribution in [2.75, 3.05) is 6.61 Å². The van der Waals surface area contributed by atoms with Crippen LogP contribution >= 0.6 is 24.8 Å². The Hall–Kier alpha value is -0.270. The molecule has 0 atom stereocenters. The number of thiol groups is 1. The van der Waals surface area contributed by atoms with Crippen molar-refractivity contribution < 1.29 is 4.74 Å². The van der Waals surface area contributed by atoms with E-state index in [4.69, 9.17) is 5.26 Å². The Bertz CT molecular complexity index is 106. The predicted molar refractivity (Wildman–Crippen MR) is 33.1 cm³/mol. The first-order valence-electron chi connectivity index (χ1n) is 1.50. The Morgan fingerprint density at radius 3 is 2.71 bits per heavy atom. The maximum Gasteiger partial charge on any atom is 0.217 e. The Labute approximate surface area is 52.5 Å². The standard InChI is InChI=1S/C3H3NOS2/c4-1-2-5-3(6)7/h2H2,(H,6,7). The number of rotatable bonds is 1. The summed E-state index contributed by atoms with van der Waals surface area (Å²) in [4.78, 5) is 0. The van der Waals surface area contributed by atoms with Crippen LogP contribution in [-0.2, 0) is 4.74 Å². The molecule has 0 aromatic carbocycles. The van der Waals surface area contributed by atoms with Crippen LogP contribution in [0, 0.1) is 11.3 Å². The number of thiocarbonyl (C=S) groups is 1. The van der Waals surface area contributed by atoms with Gasteiger partial charge in [0.25, 0.3) is 0 Å². The third kappa shape index (κ3) is 5.73. The fourth-order valence-electron chi connectivity index (χ4n) is 0.0940. The molecule has 0 aromatic rings. The highest BCUT2D eigenvalue weighted by molar-refractivity contribution is 8.10. The van der Waals surface area contributed by atoms with Crippen molar-refractivity contribution in [3.05, 3.63) is 0 Å². The molecule has 0 fully saturated rings. The third-order valence-corrected chi connectivity index (χ3v) is 0.507. The number of hydrogen-bond acceptors (Lipinski definition) is 3. The highest BCUT2D eigenvalue weighted by Gasteiger charge is 1.81. The minimum Gasteiger partial charge on any atom is -0.463 e. The summed E-state index contributed by atoms with van der Waals surface area (Å²) in [5, 5.41) is 7.85. The van der Waals surface area contributed by atoms with Crippen molar-refractivity contribution in [2.45, 2.75) is 0 Å². The van der Waals surface area contributed by atoms with Crippen molar-refractivity contribution in [1.29, 1.82) is 5.26 Å². The number of nitriles is 1. The molecule has 0 rings (SSSR count). The lowest BCUT2D eigenvalue weighted by Crippen LogP contribution is -1.91. The maximum absolute atomic E-state index is 7.85. The van der Waals surface area contributed by atoms with Crippen LogP contribution in [0.4, 0.5) is 0 Å². The topological polar surface area (TPSA) is 33.0 Å². The Kier molecular flexibility index (Phi) is 3.75. The molecular formula is C3H3NOS2. The van der Waals surface area contributed by atoms with Gasteiger partial charge in [0, 0.05) is 0 Å². The van der Waals surface area contributed by atoms with E-state index in [0.717, 1.165) is 0 Å². The summed E-state index contributed by atoms with van der Waals surface area (Å²) in [6.07, 6.45) is 0. The molecule has 0 heterocycles. The summed E-state index contributed by atoms with van der Waals surface area (Å²) in [5.41, 5.74) is 0. The SMILES string of the molecule is N#CCOC(=S)S. The van der Waals surface area contributed by atoms with E-state index < -0.39 is 0 Å². The Balaban J connectivity index is 3.02. The number of hydrogen-bond donors (Lipinski definition) is 1. The molecule has 2 nitrogen and oxygen atoms in total. The Morgan fingerprint density at radius 2 is 2.57 bits per heavy atom. The molecule has 38 valence electrons. The second-order valence-electron chi connectivity index (χ2n) is 0.713. The zero-order valence-electron chi connectivity index (χ0n) is 3.42. The van der Waals surface area contributed by atoms with Crippen LogP contribution in [0.15, 0.2) is 0 Å². The van der Waals surface area contributed by atoms with Crippen LogP contribution in [0.2, 0.25) is 0 Å². The summed E-state index contributed by atoms with van der Waals surface area (Å²) in [7, 11) is 0. The maximum atomic E-state index is 7.85. The molecule has 0 spiro atoms. The van der Waals surface area contributed by atoms with Crippen LogP contribution in [-0.4, -0.2) is 11.0 Å². The summed E-state index contributed by atoms with van der Waals surface area (Å²) < 4.78 is 4.54. The van der Waals surface area contributed by atoms with E-state index in [2.05, 4.69) is 29.6 Å². The molecular weight excluding hydrogens is 130 g/mol. The molecule has 0 N–H and O–H groups in total. The lowest BCUT2D eigenvalue weighted by atomic mass is 10.8. The zero-order chi connectivity index (χ0) is 5.70. The number of nitrogens with zero attached hydrogens (tertiary/aromatic N) is 1. The van der Waals surface area contributed by atoms with E-state index in [9.17, 15) is 0 Å². The van der Waals surface area contributed by atoms with Crippen LogP contribution in [0.25, 0.3) is 0 Å². The second kappa shape index (κ2) is 3.90. The van der Waals surface area contributed by atoms with Gasteiger partial charge in [0.2, 0.25) is 4.38 Å². The molecule has 0 saturated heterocycles. The molecule has 0 saturated carbocycles. The van der Waals surface area contributed by atoms with Gasteiger partial charge in [0.05, 0.1) is 0 Å². The summed E-state index contributed by atoms with van der Waals surface area (Å²) in [6, 6.07) is 1.74. The lowest BCUT2D eigenvalue weighted by Gasteiger charge is -1.90. The molecule has 0 radical (unpaired) electrons. The van der Waals surface area contributed by atoms with Crippen molar-refractivity contribution >= 4 is 29.2 Å². The van der Waals surface area contributed by atoms with Crippen LogP contribution in [0.5, 0.6) is 0 Å². The van der Waals surface area contributed by atoms with Crippen LogP contribution in [0.3, 0.4) is 0 Å². The normalized spacial score (nSPS) is 6.86. The average molecular weight is 133 g/mol. The zero-order valence-corrected chi connectivity index (χ0v) is 5.13. The summed E-state index contributed by atoms with van der Waals surface area (Å²) >= 11 is 7.94. The van der Waals surface area contributed by atoms with E-state index in [0.29, 0.717) is 0 Å². The summed E-state index contributed by atoms with van der Waals surface area (Å²) in [6.45, 7) is -0.0116. The minimum absolute atomic E-state index is 0.0116. The molecule has 0 unspecified atom stereocenters. The first-order chi connectivity index (χ1) is 3.27. The van der Waals surface area contributed by atoms with E-state index in [1.165, 1.54) is 0 Å². The molecule has 0 aliphatic heterocycles. The van der Waals surface area contributed by atoms with E-state index in [1.54, 1.807) is 6.07 Å². The van der Waals surface area contributed by atoms with Crippen LogP contribution in [0.1, 0.15) is 0 Å². The summed E-state index contributed by atoms with van der Waals surface area (Å²) in [5.74, 6) is 0. The smallest absolute Gasteiger partial charge is 0.217 e. The molecule has 0 bridgehead atoms. The van der Waals surface area contributed by atoms with Crippen molar-refractivity contribution in [1.82, 2.24) is 0 Å². The van der Waals surface area contributed by atoms with Gasteiger partial charge in [-0.3, -0.25) is 0 Å². The third-order valence-electron chi connectivity index (χ3n) is 0.260. The highest BCUT2D eigenvalue weighted by atomic mass is 32.1. The molecule has 4 heteroatoms. The van der Waals surface area contributed by atoms with Crippen molar-refractivity contribution in [3.8, 4) is 6.07 Å². The largest absolute Gasteiger partial charge is 0.463 e. The molecule has 0 aliphatic rings. The second-order valence-corrected chi connectivity index (χ2v) is 1.79. The quantitative estimate of drug-likeness (QED) is 0.423. The highest BCUT2D eigenvalue weighted by Crippen LogP contribution is 1.83. The fourth-order valence-corrected chi connectivity index (χ4v) is 0.217. The molecule has 0 aromatic heterocycles. The van der Waals surface area contributed by atoms with Gasteiger partial charge >= 0.3 is 0 Å². The van der Waals surface area contributed by atoms with E-state index in [1.807, 2.05) is 0 Å². The fraction of sp³-hybridized carbons (Fsp3) is 0.333. The van der Waals surface area contributed by atoms with Gasteiger partial charge < -0.3 is 4.74 Å². The van der Waals surface area contributed by atoms with Gasteiger partial charge in [-0.05, 0) is 12.2 Å². The number of ether oxygens (including phenoxy) is 1. The first-order valence-corrected chi connectivity index (χ1v) is 2.35. The Morgan fingerprint density at radius 1 is 2.00 bits per heavy atom. The van der Waals surface area contributed by atoms with Gasteiger partial charge in [-0.15, -0.1) is 0 Å². The molecule has 0 amide bonds. The van der Waals surface area contributed by atoms with E-state index >= 15 is 0 Å². The first kappa shape index (κ1) is 6.73. The predicted octanol–water partition coefficient (Wildman–Crippen LogP) is 0.741. The van der Waals surface area contributed by atoms with Crippen LogP contribution < -0.4 is 0 Å². The van der Waals surface area contributed by atoms with Gasteiger partial charge in [0.1, 0.15) is 6.07 Å². The van der Waals surface area contributed by atoms with Gasteiger partial charge in [-0.2, -0.15) is 5.26 Å². The van der Waals surface area contributed by atoms with E-state index in [-0.39, 0.29) is 11.0 Å². The molecule has 7 heavy (non-hydrogen) atoms. The minimum atomic E-state index is -0.0116. The average Bonchev–Trinajstić information content (AvgIpc) is 1.61. The molecule has 0 aliphatic carbocycles. The van der Waals surface area contributed by atoms with Crippen molar-refractivity contribution in [2.24, 2.45) is 0 Å². The van der Waals surface area contributed by atoms with Crippen molar-refractivity contribution in [3.63, 3.8) is 0 Å². The van der Waals surface area contributed by atoms with Gasteiger partial charge in [0.15, 0.2) is 6.61 Å². The monoisotopic (exact) mass is 133 g/mol.